The van der Waals surface area contributed by atoms with Gasteiger partial charge in [0.2, 0.25) is 12.7 Å². The van der Waals surface area contributed by atoms with E-state index in [2.05, 4.69) is 27.3 Å². The summed E-state index contributed by atoms with van der Waals surface area (Å²) in [5, 5.41) is 3.75. The van der Waals surface area contributed by atoms with Crippen LogP contribution in [0.1, 0.15) is 54.1 Å². The van der Waals surface area contributed by atoms with Crippen molar-refractivity contribution in [2.45, 2.75) is 43.6 Å². The summed E-state index contributed by atoms with van der Waals surface area (Å²) in [6, 6.07) is 14.1. The largest absolute Gasteiger partial charge is 0.496 e. The Morgan fingerprint density at radius 1 is 1.11 bits per heavy atom. The van der Waals surface area contributed by atoms with E-state index in [-0.39, 0.29) is 18.7 Å². The molecule has 0 spiro atoms. The van der Waals surface area contributed by atoms with Gasteiger partial charge < -0.3 is 19.5 Å². The zero-order valence-electron chi connectivity index (χ0n) is 19.8. The number of piperidine rings is 1. The van der Waals surface area contributed by atoms with E-state index in [4.69, 9.17) is 14.2 Å². The second-order valence-electron chi connectivity index (χ2n) is 9.41. The molecule has 2 aromatic carbocycles. The first-order chi connectivity index (χ1) is 17.2. The summed E-state index contributed by atoms with van der Waals surface area (Å²) in [7, 11) is 1.72. The fourth-order valence-electron chi connectivity index (χ4n) is 5.25. The minimum atomic E-state index is -0.526. The number of benzene rings is 2. The normalized spacial score (nSPS) is 19.2. The average molecular weight is 492 g/mol. The Morgan fingerprint density at radius 3 is 2.71 bits per heavy atom. The number of carbonyl (C=O) groups is 1. The molecular formula is C27H29N3O4S. The minimum Gasteiger partial charge on any atom is -0.496 e. The van der Waals surface area contributed by atoms with Crippen LogP contribution in [0.15, 0.2) is 48.7 Å². The lowest BCUT2D eigenvalue weighted by molar-refractivity contribution is -0.118. The number of methoxy groups -OCH3 is 1. The number of hydrogen-bond donors (Lipinski definition) is 1. The number of fused-ring (bicyclic) bond motifs is 1. The minimum absolute atomic E-state index is 0.0101. The third kappa shape index (κ3) is 4.15. The Kier molecular flexibility index (Phi) is 5.86. The summed E-state index contributed by atoms with van der Waals surface area (Å²) in [5.41, 5.74) is 1.58. The molecule has 1 atom stereocenters. The Morgan fingerprint density at radius 2 is 1.91 bits per heavy atom. The molecule has 0 bridgehead atoms. The van der Waals surface area contributed by atoms with Gasteiger partial charge in [-0.1, -0.05) is 42.0 Å². The molecular weight excluding hydrogens is 462 g/mol. The number of nitrogens with zero attached hydrogens (tertiary/aromatic N) is 2. The van der Waals surface area contributed by atoms with Crippen molar-refractivity contribution >= 4 is 22.4 Å². The van der Waals surface area contributed by atoms with Gasteiger partial charge in [0, 0.05) is 16.6 Å². The van der Waals surface area contributed by atoms with Gasteiger partial charge in [-0.05, 0) is 62.5 Å². The second kappa shape index (κ2) is 9.17. The van der Waals surface area contributed by atoms with Gasteiger partial charge >= 0.3 is 0 Å². The van der Waals surface area contributed by atoms with E-state index in [1.54, 1.807) is 18.4 Å². The maximum absolute atomic E-state index is 13.4. The summed E-state index contributed by atoms with van der Waals surface area (Å²) in [4.78, 5) is 21.6. The molecule has 182 valence electrons. The van der Waals surface area contributed by atoms with E-state index >= 15 is 0 Å². The Hall–Kier alpha value is -3.10. The monoisotopic (exact) mass is 491 g/mol. The summed E-state index contributed by atoms with van der Waals surface area (Å²) >= 11 is 1.55. The zero-order chi connectivity index (χ0) is 23.8. The van der Waals surface area contributed by atoms with Crippen molar-refractivity contribution in [3.63, 3.8) is 0 Å². The smallest absolute Gasteiger partial charge is 0.236 e. The van der Waals surface area contributed by atoms with Crippen LogP contribution in [0.2, 0.25) is 0 Å². The third-order valence-electron chi connectivity index (χ3n) is 7.31. The number of amides is 1. The van der Waals surface area contributed by atoms with Gasteiger partial charge in [-0.2, -0.15) is 0 Å². The van der Waals surface area contributed by atoms with Gasteiger partial charge in [0.1, 0.15) is 5.75 Å². The van der Waals surface area contributed by atoms with Crippen molar-refractivity contribution in [2.24, 2.45) is 0 Å². The molecule has 1 saturated heterocycles. The number of para-hydroxylation sites is 1. The molecule has 7 nitrogen and oxygen atoms in total. The van der Waals surface area contributed by atoms with E-state index in [0.29, 0.717) is 10.9 Å². The summed E-state index contributed by atoms with van der Waals surface area (Å²) in [6.07, 6.45) is 7.17. The molecule has 8 heteroatoms. The van der Waals surface area contributed by atoms with Gasteiger partial charge in [-0.15, -0.1) is 0 Å². The first-order valence-corrected chi connectivity index (χ1v) is 13.0. The van der Waals surface area contributed by atoms with E-state index in [0.717, 1.165) is 53.4 Å². The van der Waals surface area contributed by atoms with Crippen molar-refractivity contribution in [3.05, 3.63) is 64.7 Å². The SMILES string of the molecule is COc1ccccc1C(c1cnc(NC(=O)C2(c3ccc4c(c3)OCO4)CC2)s1)N1CCCCC1. The molecule has 1 N–H and O–H groups in total. The molecule has 2 fully saturated rings. The molecule has 3 aliphatic rings. The van der Waals surface area contributed by atoms with Crippen LogP contribution < -0.4 is 19.5 Å². The number of rotatable bonds is 7. The lowest BCUT2D eigenvalue weighted by Crippen LogP contribution is -2.34. The van der Waals surface area contributed by atoms with Crippen LogP contribution in [0.25, 0.3) is 0 Å². The molecule has 6 rings (SSSR count). The predicted octanol–water partition coefficient (Wildman–Crippen LogP) is 5.13. The highest BCUT2D eigenvalue weighted by molar-refractivity contribution is 7.15. The van der Waals surface area contributed by atoms with E-state index in [1.165, 1.54) is 19.3 Å². The van der Waals surface area contributed by atoms with Crippen molar-refractivity contribution in [3.8, 4) is 17.2 Å². The number of ether oxygens (including phenoxy) is 3. The lowest BCUT2D eigenvalue weighted by Gasteiger charge is -2.34. The molecule has 1 aliphatic carbocycles. The van der Waals surface area contributed by atoms with Crippen LogP contribution in [-0.4, -0.2) is 42.8 Å². The van der Waals surface area contributed by atoms with Crippen LogP contribution in [0.3, 0.4) is 0 Å². The summed E-state index contributed by atoms with van der Waals surface area (Å²) in [5.74, 6) is 2.31. The van der Waals surface area contributed by atoms with Gasteiger partial charge in [0.15, 0.2) is 16.6 Å². The molecule has 0 radical (unpaired) electrons. The lowest BCUT2D eigenvalue weighted by atomic mass is 9.94. The number of anilines is 1. The number of likely N-dealkylation sites (tertiary alicyclic amines) is 1. The van der Waals surface area contributed by atoms with Gasteiger partial charge in [-0.25, -0.2) is 4.98 Å². The quantitative estimate of drug-likeness (QED) is 0.494. The molecule has 1 amide bonds. The van der Waals surface area contributed by atoms with Crippen molar-refractivity contribution < 1.29 is 19.0 Å². The van der Waals surface area contributed by atoms with Crippen LogP contribution in [0, 0.1) is 0 Å². The molecule has 35 heavy (non-hydrogen) atoms. The van der Waals surface area contributed by atoms with Crippen molar-refractivity contribution in [1.82, 2.24) is 9.88 Å². The van der Waals surface area contributed by atoms with Crippen LogP contribution in [0.4, 0.5) is 5.13 Å². The maximum Gasteiger partial charge on any atom is 0.236 e. The summed E-state index contributed by atoms with van der Waals surface area (Å²) in [6.45, 7) is 2.30. The zero-order valence-corrected chi connectivity index (χ0v) is 20.6. The first kappa shape index (κ1) is 22.4. The average Bonchev–Trinajstić information content (AvgIpc) is 3.37. The number of aromatic nitrogens is 1. The Balaban J connectivity index is 1.25. The Labute approximate surface area is 209 Å². The van der Waals surface area contributed by atoms with Crippen molar-refractivity contribution in [1.29, 1.82) is 0 Å². The molecule has 1 unspecified atom stereocenters. The second-order valence-corrected chi connectivity index (χ2v) is 10.5. The van der Waals surface area contributed by atoms with Gasteiger partial charge in [0.25, 0.3) is 0 Å². The molecule has 1 aromatic heterocycles. The van der Waals surface area contributed by atoms with E-state index in [9.17, 15) is 4.79 Å². The topological polar surface area (TPSA) is 72.9 Å². The van der Waals surface area contributed by atoms with Gasteiger partial charge in [-0.3, -0.25) is 9.69 Å². The molecule has 3 aromatic rings. The maximum atomic E-state index is 13.4. The summed E-state index contributed by atoms with van der Waals surface area (Å²) < 4.78 is 16.7. The van der Waals surface area contributed by atoms with E-state index < -0.39 is 5.41 Å². The predicted molar refractivity (Wildman–Crippen MR) is 134 cm³/mol. The highest BCUT2D eigenvalue weighted by atomic mass is 32.1. The number of hydrogen-bond acceptors (Lipinski definition) is 7. The van der Waals surface area contributed by atoms with Crippen LogP contribution in [-0.2, 0) is 10.2 Å². The highest BCUT2D eigenvalue weighted by Gasteiger charge is 2.52. The fourth-order valence-corrected chi connectivity index (χ4v) is 6.22. The molecule has 2 aliphatic heterocycles. The number of carbonyl (C=O) groups excluding carboxylic acids is 1. The Bertz CT molecular complexity index is 1230. The third-order valence-corrected chi connectivity index (χ3v) is 8.28. The molecule has 1 saturated carbocycles. The van der Waals surface area contributed by atoms with Crippen molar-refractivity contribution in [2.75, 3.05) is 32.3 Å². The molecule has 3 heterocycles. The van der Waals surface area contributed by atoms with Crippen LogP contribution in [0.5, 0.6) is 17.2 Å². The fraction of sp³-hybridized carbons (Fsp3) is 0.407. The highest BCUT2D eigenvalue weighted by Crippen LogP contribution is 2.51. The van der Waals surface area contributed by atoms with E-state index in [1.807, 2.05) is 36.5 Å². The number of thiazole rings is 1. The van der Waals surface area contributed by atoms with Gasteiger partial charge in [0.05, 0.1) is 18.6 Å². The van der Waals surface area contributed by atoms with Crippen LogP contribution >= 0.6 is 11.3 Å². The first-order valence-electron chi connectivity index (χ1n) is 12.2. The number of nitrogens with one attached hydrogen (secondary N) is 1. The standard InChI is InChI=1S/C27H29N3O4S/c1-32-20-8-4-3-7-19(20)24(30-13-5-2-6-14-30)23-16-28-26(35-23)29-25(31)27(11-12-27)18-9-10-21-22(15-18)34-17-33-21/h3-4,7-10,15-16,24H,2,5-6,11-14,17H2,1H3,(H,28,29,31).